The number of carbonyl (C=O) groups is 1. The molecule has 2 rings (SSSR count). The lowest BCUT2D eigenvalue weighted by Crippen LogP contribution is -2.12. The maximum Gasteiger partial charge on any atom is 0.337 e. The Morgan fingerprint density at radius 2 is 1.95 bits per heavy atom. The fourth-order valence-electron chi connectivity index (χ4n) is 2.01. The van der Waals surface area contributed by atoms with Crippen LogP contribution in [0.15, 0.2) is 36.5 Å². The molecule has 0 saturated heterocycles. The van der Waals surface area contributed by atoms with Crippen molar-refractivity contribution in [3.05, 3.63) is 47.8 Å². The van der Waals surface area contributed by atoms with Gasteiger partial charge in [-0.2, -0.15) is 0 Å². The molecular weight excluding hydrogens is 252 g/mol. The van der Waals surface area contributed by atoms with Gasteiger partial charge in [-0.3, -0.25) is 9.97 Å². The largest absolute Gasteiger partial charge is 0.478 e. The molecule has 4 heteroatoms. The topological polar surface area (TPSA) is 63.1 Å². The molecule has 4 nitrogen and oxygen atoms in total. The van der Waals surface area contributed by atoms with Crippen molar-refractivity contribution in [2.45, 2.75) is 27.2 Å². The zero-order chi connectivity index (χ0) is 14.8. The molecule has 2 aromatic rings. The molecule has 0 amide bonds. The molecule has 2 heterocycles. The first-order valence-corrected chi connectivity index (χ1v) is 6.51. The summed E-state index contributed by atoms with van der Waals surface area (Å²) in [5.41, 5.74) is 2.17. The molecule has 104 valence electrons. The number of nitrogens with zero attached hydrogens (tertiary/aromatic N) is 2. The SMILES string of the molecule is CC(C)(C)Cc1ccc(C(=O)O)c(-c2ccccn2)n1. The first-order chi connectivity index (χ1) is 9.37. The van der Waals surface area contributed by atoms with Gasteiger partial charge >= 0.3 is 5.97 Å². The van der Waals surface area contributed by atoms with Gasteiger partial charge < -0.3 is 5.11 Å². The number of rotatable bonds is 3. The highest BCUT2D eigenvalue weighted by Gasteiger charge is 2.18. The van der Waals surface area contributed by atoms with Gasteiger partial charge in [0.05, 0.1) is 11.3 Å². The lowest BCUT2D eigenvalue weighted by atomic mass is 9.90. The van der Waals surface area contributed by atoms with Crippen LogP contribution in [0.25, 0.3) is 11.4 Å². The summed E-state index contributed by atoms with van der Waals surface area (Å²) in [4.78, 5) is 20.0. The lowest BCUT2D eigenvalue weighted by molar-refractivity contribution is 0.0697. The number of carboxylic acids is 1. The molecule has 0 aliphatic rings. The summed E-state index contributed by atoms with van der Waals surface area (Å²) in [5, 5.41) is 9.28. The van der Waals surface area contributed by atoms with Crippen molar-refractivity contribution in [3.63, 3.8) is 0 Å². The number of hydrogen-bond acceptors (Lipinski definition) is 3. The highest BCUT2D eigenvalue weighted by Crippen LogP contribution is 2.24. The summed E-state index contributed by atoms with van der Waals surface area (Å²) < 4.78 is 0. The molecule has 0 aromatic carbocycles. The monoisotopic (exact) mass is 270 g/mol. The third-order valence-corrected chi connectivity index (χ3v) is 2.80. The van der Waals surface area contributed by atoms with Crippen LogP contribution in [-0.2, 0) is 6.42 Å². The van der Waals surface area contributed by atoms with Gasteiger partial charge in [0.15, 0.2) is 0 Å². The Kier molecular flexibility index (Phi) is 3.84. The van der Waals surface area contributed by atoms with Crippen molar-refractivity contribution in [2.75, 3.05) is 0 Å². The molecule has 0 unspecified atom stereocenters. The molecule has 0 radical (unpaired) electrons. The van der Waals surface area contributed by atoms with Gasteiger partial charge in [-0.15, -0.1) is 0 Å². The van der Waals surface area contributed by atoms with Crippen LogP contribution in [0.3, 0.4) is 0 Å². The van der Waals surface area contributed by atoms with Crippen LogP contribution >= 0.6 is 0 Å². The Balaban J connectivity index is 2.51. The molecular formula is C16H18N2O2. The van der Waals surface area contributed by atoms with E-state index in [9.17, 15) is 9.90 Å². The minimum Gasteiger partial charge on any atom is -0.478 e. The third-order valence-electron chi connectivity index (χ3n) is 2.80. The minimum atomic E-state index is -0.986. The van der Waals surface area contributed by atoms with E-state index in [1.807, 2.05) is 6.07 Å². The fraction of sp³-hybridized carbons (Fsp3) is 0.312. The average Bonchev–Trinajstić information content (AvgIpc) is 2.37. The zero-order valence-electron chi connectivity index (χ0n) is 11.9. The van der Waals surface area contributed by atoms with Crippen molar-refractivity contribution >= 4 is 5.97 Å². The van der Waals surface area contributed by atoms with Gasteiger partial charge in [-0.05, 0) is 36.1 Å². The Morgan fingerprint density at radius 1 is 1.20 bits per heavy atom. The van der Waals surface area contributed by atoms with E-state index in [1.165, 1.54) is 0 Å². The second-order valence-corrected chi connectivity index (χ2v) is 5.96. The highest BCUT2D eigenvalue weighted by molar-refractivity contribution is 5.94. The quantitative estimate of drug-likeness (QED) is 0.928. The van der Waals surface area contributed by atoms with Crippen LogP contribution in [0.1, 0.15) is 36.8 Å². The summed E-state index contributed by atoms with van der Waals surface area (Å²) in [6, 6.07) is 8.78. The van der Waals surface area contributed by atoms with E-state index >= 15 is 0 Å². The third kappa shape index (κ3) is 3.41. The molecule has 0 aliphatic heterocycles. The first kappa shape index (κ1) is 14.2. The van der Waals surface area contributed by atoms with Gasteiger partial charge in [-0.25, -0.2) is 4.79 Å². The smallest absolute Gasteiger partial charge is 0.337 e. The first-order valence-electron chi connectivity index (χ1n) is 6.51. The molecule has 0 fully saturated rings. The summed E-state index contributed by atoms with van der Waals surface area (Å²) in [7, 11) is 0. The van der Waals surface area contributed by atoms with E-state index in [2.05, 4.69) is 30.7 Å². The number of hydrogen-bond donors (Lipinski definition) is 1. The van der Waals surface area contributed by atoms with Gasteiger partial charge in [0.1, 0.15) is 5.69 Å². The van der Waals surface area contributed by atoms with Crippen LogP contribution in [0, 0.1) is 5.41 Å². The van der Waals surface area contributed by atoms with E-state index < -0.39 is 5.97 Å². The summed E-state index contributed by atoms with van der Waals surface area (Å²) in [5.74, 6) is -0.986. The number of pyridine rings is 2. The predicted octanol–water partition coefficient (Wildman–Crippen LogP) is 3.43. The van der Waals surface area contributed by atoms with Crippen molar-refractivity contribution in [1.82, 2.24) is 9.97 Å². The van der Waals surface area contributed by atoms with E-state index in [0.29, 0.717) is 11.4 Å². The van der Waals surface area contributed by atoms with E-state index in [4.69, 9.17) is 0 Å². The molecule has 2 aromatic heterocycles. The number of carboxylic acid groups (broad SMARTS) is 1. The van der Waals surface area contributed by atoms with Gasteiger partial charge in [0.2, 0.25) is 0 Å². The average molecular weight is 270 g/mol. The number of aromatic carboxylic acids is 1. The van der Waals surface area contributed by atoms with Gasteiger partial charge in [0.25, 0.3) is 0 Å². The van der Waals surface area contributed by atoms with Gasteiger partial charge in [0, 0.05) is 11.9 Å². The molecule has 20 heavy (non-hydrogen) atoms. The van der Waals surface area contributed by atoms with Crippen molar-refractivity contribution < 1.29 is 9.90 Å². The van der Waals surface area contributed by atoms with Crippen LogP contribution in [-0.4, -0.2) is 21.0 Å². The Hall–Kier alpha value is -2.23. The normalized spacial score (nSPS) is 11.3. The van der Waals surface area contributed by atoms with Crippen LogP contribution in [0.2, 0.25) is 0 Å². The maximum absolute atomic E-state index is 11.3. The highest BCUT2D eigenvalue weighted by atomic mass is 16.4. The zero-order valence-corrected chi connectivity index (χ0v) is 11.9. The van der Waals surface area contributed by atoms with Gasteiger partial charge in [-0.1, -0.05) is 26.8 Å². The van der Waals surface area contributed by atoms with Crippen molar-refractivity contribution in [2.24, 2.45) is 5.41 Å². The predicted molar refractivity (Wildman–Crippen MR) is 77.6 cm³/mol. The fourth-order valence-corrected chi connectivity index (χ4v) is 2.01. The molecule has 0 bridgehead atoms. The second kappa shape index (κ2) is 5.41. The van der Waals surface area contributed by atoms with E-state index in [-0.39, 0.29) is 11.0 Å². The molecule has 0 atom stereocenters. The molecule has 0 aliphatic carbocycles. The Morgan fingerprint density at radius 3 is 2.50 bits per heavy atom. The molecule has 0 saturated carbocycles. The van der Waals surface area contributed by atoms with Crippen molar-refractivity contribution in [3.8, 4) is 11.4 Å². The Bertz CT molecular complexity index is 616. The minimum absolute atomic E-state index is 0.0964. The molecule has 0 spiro atoms. The maximum atomic E-state index is 11.3. The second-order valence-electron chi connectivity index (χ2n) is 5.96. The van der Waals surface area contributed by atoms with E-state index in [1.54, 1.807) is 30.5 Å². The van der Waals surface area contributed by atoms with Crippen LogP contribution in [0.4, 0.5) is 0 Å². The summed E-state index contributed by atoms with van der Waals surface area (Å²) in [6.45, 7) is 6.38. The Labute approximate surface area is 118 Å². The lowest BCUT2D eigenvalue weighted by Gasteiger charge is -2.18. The molecule has 1 N–H and O–H groups in total. The van der Waals surface area contributed by atoms with Crippen molar-refractivity contribution in [1.29, 1.82) is 0 Å². The van der Waals surface area contributed by atoms with Crippen LogP contribution < -0.4 is 0 Å². The summed E-state index contributed by atoms with van der Waals surface area (Å²) in [6.07, 6.45) is 2.42. The van der Waals surface area contributed by atoms with E-state index in [0.717, 1.165) is 12.1 Å². The summed E-state index contributed by atoms with van der Waals surface area (Å²) >= 11 is 0. The number of aromatic nitrogens is 2. The van der Waals surface area contributed by atoms with Crippen LogP contribution in [0.5, 0.6) is 0 Å². The standard InChI is InChI=1S/C16H18N2O2/c1-16(2,3)10-11-7-8-12(15(19)20)14(18-11)13-6-4-5-9-17-13/h4-9H,10H2,1-3H3,(H,19,20).